The Morgan fingerprint density at radius 2 is 2.21 bits per heavy atom. The van der Waals surface area contributed by atoms with E-state index in [9.17, 15) is 0 Å². The molecule has 4 heteroatoms. The second-order valence-corrected chi connectivity index (χ2v) is 5.87. The molecule has 4 nitrogen and oxygen atoms in total. The summed E-state index contributed by atoms with van der Waals surface area (Å²) in [4.78, 5) is 4.32. The number of hydrogen-bond donors (Lipinski definition) is 1. The number of aryl methyl sites for hydroxylation is 1. The normalized spacial score (nSPS) is 25.6. The Morgan fingerprint density at radius 1 is 1.32 bits per heavy atom. The first-order valence-corrected chi connectivity index (χ1v) is 7.76. The van der Waals surface area contributed by atoms with E-state index in [1.165, 1.54) is 44.2 Å². The van der Waals surface area contributed by atoms with Gasteiger partial charge in [-0.05, 0) is 12.3 Å². The van der Waals surface area contributed by atoms with Gasteiger partial charge in [-0.25, -0.2) is 4.98 Å². The molecule has 0 spiro atoms. The van der Waals surface area contributed by atoms with Crippen molar-refractivity contribution in [2.45, 2.75) is 51.2 Å². The average Bonchev–Trinajstić information content (AvgIpc) is 2.95. The summed E-state index contributed by atoms with van der Waals surface area (Å²) in [6.45, 7) is 3.78. The first-order valence-electron chi connectivity index (χ1n) is 7.76. The van der Waals surface area contributed by atoms with Crippen LogP contribution >= 0.6 is 0 Å². The maximum absolute atomic E-state index is 5.83. The zero-order valence-corrected chi connectivity index (χ0v) is 11.7. The number of rotatable bonds is 4. The molecule has 0 amide bonds. The Bertz CT molecular complexity index is 378. The van der Waals surface area contributed by atoms with Crippen LogP contribution in [0.25, 0.3) is 0 Å². The van der Waals surface area contributed by atoms with Crippen molar-refractivity contribution in [2.24, 2.45) is 5.92 Å². The molecule has 0 aromatic carbocycles. The summed E-state index contributed by atoms with van der Waals surface area (Å²) in [6.07, 6.45) is 12.6. The molecule has 3 rings (SSSR count). The predicted molar refractivity (Wildman–Crippen MR) is 75.0 cm³/mol. The van der Waals surface area contributed by atoms with Crippen LogP contribution in [0, 0.1) is 5.92 Å². The van der Waals surface area contributed by atoms with Crippen LogP contribution in [0.1, 0.15) is 50.3 Å². The van der Waals surface area contributed by atoms with Crippen LogP contribution in [0.15, 0.2) is 12.5 Å². The van der Waals surface area contributed by atoms with E-state index in [1.54, 1.807) is 0 Å². The lowest BCUT2D eigenvalue weighted by atomic mass is 9.87. The molecule has 1 aliphatic heterocycles. The molecule has 1 atom stereocenters. The molecule has 1 unspecified atom stereocenters. The molecule has 1 aromatic heterocycles. The maximum atomic E-state index is 5.83. The minimum atomic E-state index is 0.183. The largest absolute Gasteiger partial charge is 0.369 e. The van der Waals surface area contributed by atoms with E-state index in [0.29, 0.717) is 0 Å². The molecule has 2 heterocycles. The van der Waals surface area contributed by atoms with Gasteiger partial charge in [0.2, 0.25) is 0 Å². The highest BCUT2D eigenvalue weighted by Crippen LogP contribution is 2.27. The van der Waals surface area contributed by atoms with Crippen LogP contribution in [-0.4, -0.2) is 29.2 Å². The minimum absolute atomic E-state index is 0.183. The van der Waals surface area contributed by atoms with Gasteiger partial charge in [0, 0.05) is 19.6 Å². The van der Waals surface area contributed by atoms with Gasteiger partial charge in [-0.1, -0.05) is 32.1 Å². The van der Waals surface area contributed by atoms with E-state index in [0.717, 1.165) is 32.2 Å². The summed E-state index contributed by atoms with van der Waals surface area (Å²) in [5.41, 5.74) is 1.24. The quantitative estimate of drug-likeness (QED) is 0.907. The van der Waals surface area contributed by atoms with E-state index < -0.39 is 0 Å². The lowest BCUT2D eigenvalue weighted by Gasteiger charge is -2.26. The van der Waals surface area contributed by atoms with Crippen LogP contribution in [0.5, 0.6) is 0 Å². The smallest absolute Gasteiger partial charge is 0.111 e. The summed E-state index contributed by atoms with van der Waals surface area (Å²) < 4.78 is 8.13. The van der Waals surface area contributed by atoms with Gasteiger partial charge in [-0.15, -0.1) is 0 Å². The Hall–Kier alpha value is -0.870. The lowest BCUT2D eigenvalue weighted by molar-refractivity contribution is 0.0226. The molecule has 1 aliphatic carbocycles. The van der Waals surface area contributed by atoms with E-state index in [4.69, 9.17) is 4.74 Å². The number of hydrogen-bond acceptors (Lipinski definition) is 3. The highest BCUT2D eigenvalue weighted by atomic mass is 16.5. The average molecular weight is 263 g/mol. The first kappa shape index (κ1) is 13.1. The summed E-state index contributed by atoms with van der Waals surface area (Å²) in [6, 6.07) is 0. The van der Waals surface area contributed by atoms with Crippen LogP contribution in [0.4, 0.5) is 0 Å². The van der Waals surface area contributed by atoms with Crippen molar-refractivity contribution in [2.75, 3.05) is 19.7 Å². The van der Waals surface area contributed by atoms with Gasteiger partial charge in [0.05, 0.1) is 24.8 Å². The Labute approximate surface area is 115 Å². The van der Waals surface area contributed by atoms with Crippen molar-refractivity contribution in [1.82, 2.24) is 14.9 Å². The van der Waals surface area contributed by atoms with Crippen molar-refractivity contribution in [3.63, 3.8) is 0 Å². The number of nitrogens with zero attached hydrogens (tertiary/aromatic N) is 2. The molecule has 2 fully saturated rings. The number of nitrogens with one attached hydrogen (secondary N) is 1. The molecule has 19 heavy (non-hydrogen) atoms. The third kappa shape index (κ3) is 3.37. The minimum Gasteiger partial charge on any atom is -0.369 e. The fourth-order valence-corrected chi connectivity index (χ4v) is 3.34. The van der Waals surface area contributed by atoms with Gasteiger partial charge >= 0.3 is 0 Å². The van der Waals surface area contributed by atoms with E-state index in [2.05, 4.69) is 14.9 Å². The number of ether oxygens (including phenoxy) is 1. The molecule has 106 valence electrons. The molecule has 1 saturated carbocycles. The lowest BCUT2D eigenvalue weighted by Crippen LogP contribution is -2.34. The monoisotopic (exact) mass is 263 g/mol. The molecule has 1 saturated heterocycles. The van der Waals surface area contributed by atoms with Gasteiger partial charge in [-0.2, -0.15) is 0 Å². The molecule has 0 radical (unpaired) electrons. The zero-order chi connectivity index (χ0) is 12.9. The van der Waals surface area contributed by atoms with Crippen LogP contribution in [0.3, 0.4) is 0 Å². The molecule has 1 N–H and O–H groups in total. The highest BCUT2D eigenvalue weighted by molar-refractivity contribution is 5.04. The van der Waals surface area contributed by atoms with Gasteiger partial charge in [0.25, 0.3) is 0 Å². The summed E-state index contributed by atoms with van der Waals surface area (Å²) in [5.74, 6) is 0.925. The third-order valence-electron chi connectivity index (χ3n) is 4.50. The number of aromatic nitrogens is 2. The van der Waals surface area contributed by atoms with Crippen molar-refractivity contribution in [3.05, 3.63) is 18.2 Å². The van der Waals surface area contributed by atoms with Crippen molar-refractivity contribution >= 4 is 0 Å². The van der Waals surface area contributed by atoms with Crippen molar-refractivity contribution in [1.29, 1.82) is 0 Å². The SMILES string of the molecule is c1ncn(CCC2CCCCC2)c1C1CNCCO1. The summed E-state index contributed by atoms with van der Waals surface area (Å²) in [7, 11) is 0. The van der Waals surface area contributed by atoms with Gasteiger partial charge < -0.3 is 14.6 Å². The Balaban J connectivity index is 1.56. The number of morpholine rings is 1. The maximum Gasteiger partial charge on any atom is 0.111 e. The first-order chi connectivity index (χ1) is 9.43. The molecular weight excluding hydrogens is 238 g/mol. The Morgan fingerprint density at radius 3 is 3.00 bits per heavy atom. The van der Waals surface area contributed by atoms with E-state index >= 15 is 0 Å². The standard InChI is InChI=1S/C15H25N3O/c1-2-4-13(5-3-1)6-8-18-12-17-10-14(18)15-11-16-7-9-19-15/h10,12-13,15-16H,1-9,11H2. The summed E-state index contributed by atoms with van der Waals surface area (Å²) in [5, 5.41) is 3.39. The van der Waals surface area contributed by atoms with Crippen LogP contribution in [0.2, 0.25) is 0 Å². The highest BCUT2D eigenvalue weighted by Gasteiger charge is 2.20. The van der Waals surface area contributed by atoms with Crippen molar-refractivity contribution in [3.8, 4) is 0 Å². The van der Waals surface area contributed by atoms with E-state index in [1.807, 2.05) is 12.5 Å². The molecule has 0 bridgehead atoms. The van der Waals surface area contributed by atoms with Crippen LogP contribution in [-0.2, 0) is 11.3 Å². The zero-order valence-electron chi connectivity index (χ0n) is 11.7. The molecule has 1 aromatic rings. The fourth-order valence-electron chi connectivity index (χ4n) is 3.34. The van der Waals surface area contributed by atoms with Crippen LogP contribution < -0.4 is 5.32 Å². The number of imidazole rings is 1. The second-order valence-electron chi connectivity index (χ2n) is 5.87. The third-order valence-corrected chi connectivity index (χ3v) is 4.50. The molecule has 2 aliphatic rings. The van der Waals surface area contributed by atoms with Gasteiger partial charge in [-0.3, -0.25) is 0 Å². The Kier molecular flexibility index (Phi) is 4.51. The van der Waals surface area contributed by atoms with Gasteiger partial charge in [0.15, 0.2) is 0 Å². The molecular formula is C15H25N3O. The van der Waals surface area contributed by atoms with E-state index in [-0.39, 0.29) is 6.10 Å². The predicted octanol–water partition coefficient (Wildman–Crippen LogP) is 2.51. The van der Waals surface area contributed by atoms with Crippen molar-refractivity contribution < 1.29 is 4.74 Å². The second kappa shape index (κ2) is 6.53. The van der Waals surface area contributed by atoms with Gasteiger partial charge in [0.1, 0.15) is 6.10 Å². The fraction of sp³-hybridized carbons (Fsp3) is 0.800. The summed E-state index contributed by atoms with van der Waals surface area (Å²) >= 11 is 0. The topological polar surface area (TPSA) is 39.1 Å².